The summed E-state index contributed by atoms with van der Waals surface area (Å²) in [4.78, 5) is 23.3. The molecule has 3 aromatic heterocycles. The molecular formula is C13H11NO2S2. The third-order valence-electron chi connectivity index (χ3n) is 2.93. The Morgan fingerprint density at radius 1 is 1.06 bits per heavy atom. The summed E-state index contributed by atoms with van der Waals surface area (Å²) in [6, 6.07) is 3.88. The number of hydrogen-bond acceptors (Lipinski definition) is 4. The van der Waals surface area contributed by atoms with Gasteiger partial charge in [0.15, 0.2) is 12.6 Å². The van der Waals surface area contributed by atoms with Gasteiger partial charge in [0.2, 0.25) is 0 Å². The molecule has 0 unspecified atom stereocenters. The first-order valence-electron chi connectivity index (χ1n) is 5.74. The maximum atomic E-state index is 10.9. The summed E-state index contributed by atoms with van der Waals surface area (Å²) < 4.78 is 4.45. The second kappa shape index (κ2) is 4.33. The second-order valence-corrected chi connectivity index (χ2v) is 6.28. The number of rotatable bonds is 4. The van der Waals surface area contributed by atoms with Crippen LogP contribution in [0.3, 0.4) is 0 Å². The van der Waals surface area contributed by atoms with Gasteiger partial charge in [0.1, 0.15) is 0 Å². The fourth-order valence-corrected chi connectivity index (χ4v) is 4.34. The summed E-state index contributed by atoms with van der Waals surface area (Å²) in [6.07, 6.45) is 2.81. The number of aryl methyl sites for hydroxylation is 1. The molecule has 0 bridgehead atoms. The largest absolute Gasteiger partial charge is 0.339 e. The average Bonchev–Trinajstić information content (AvgIpc) is 3.03. The van der Waals surface area contributed by atoms with Crippen molar-refractivity contribution in [2.24, 2.45) is 0 Å². The molecule has 5 heteroatoms. The van der Waals surface area contributed by atoms with Crippen molar-refractivity contribution in [3.8, 4) is 0 Å². The van der Waals surface area contributed by atoms with Gasteiger partial charge in [-0.1, -0.05) is 6.92 Å². The van der Waals surface area contributed by atoms with E-state index >= 15 is 0 Å². The summed E-state index contributed by atoms with van der Waals surface area (Å²) in [6.45, 7) is 3.03. The lowest BCUT2D eigenvalue weighted by Crippen LogP contribution is -1.94. The Morgan fingerprint density at radius 2 is 1.56 bits per heavy atom. The van der Waals surface area contributed by atoms with Crippen molar-refractivity contribution in [3.05, 3.63) is 21.9 Å². The molecule has 3 aromatic rings. The van der Waals surface area contributed by atoms with Crippen LogP contribution in [0.5, 0.6) is 0 Å². The molecule has 3 rings (SSSR count). The van der Waals surface area contributed by atoms with Crippen LogP contribution in [0.25, 0.3) is 20.4 Å². The van der Waals surface area contributed by atoms with Crippen LogP contribution in [0, 0.1) is 0 Å². The van der Waals surface area contributed by atoms with Crippen LogP contribution >= 0.6 is 22.7 Å². The van der Waals surface area contributed by atoms with Crippen molar-refractivity contribution < 1.29 is 9.59 Å². The predicted octanol–water partition coefficient (Wildman–Crippen LogP) is 3.95. The fourth-order valence-electron chi connectivity index (χ4n) is 2.24. The number of nitrogens with zero attached hydrogens (tertiary/aromatic N) is 1. The van der Waals surface area contributed by atoms with Crippen LogP contribution in [0.1, 0.15) is 32.7 Å². The van der Waals surface area contributed by atoms with E-state index in [1.807, 2.05) is 12.1 Å². The van der Waals surface area contributed by atoms with Crippen LogP contribution in [0.2, 0.25) is 0 Å². The van der Waals surface area contributed by atoms with Crippen LogP contribution in [-0.4, -0.2) is 17.1 Å². The third-order valence-corrected chi connectivity index (χ3v) is 5.19. The van der Waals surface area contributed by atoms with E-state index in [2.05, 4.69) is 11.5 Å². The van der Waals surface area contributed by atoms with E-state index in [0.29, 0.717) is 0 Å². The molecule has 0 saturated carbocycles. The lowest BCUT2D eigenvalue weighted by atomic mass is 10.4. The van der Waals surface area contributed by atoms with Crippen LogP contribution < -0.4 is 0 Å². The topological polar surface area (TPSA) is 39.1 Å². The van der Waals surface area contributed by atoms with Crippen molar-refractivity contribution >= 4 is 55.7 Å². The maximum Gasteiger partial charge on any atom is 0.160 e. The highest BCUT2D eigenvalue weighted by atomic mass is 32.1. The molecule has 3 heterocycles. The van der Waals surface area contributed by atoms with Gasteiger partial charge >= 0.3 is 0 Å². The zero-order valence-electron chi connectivity index (χ0n) is 9.80. The van der Waals surface area contributed by atoms with Gasteiger partial charge in [-0.2, -0.15) is 0 Å². The van der Waals surface area contributed by atoms with Gasteiger partial charge in [0, 0.05) is 6.54 Å². The quantitative estimate of drug-likeness (QED) is 0.677. The molecular weight excluding hydrogens is 266 g/mol. The van der Waals surface area contributed by atoms with Gasteiger partial charge in [-0.25, -0.2) is 0 Å². The minimum atomic E-state index is 0.743. The number of fused-ring (bicyclic) bond motifs is 3. The molecule has 0 aliphatic carbocycles. The SMILES string of the molecule is CCCn1c2cc(C=O)sc2c2sc(C=O)cc21. The average molecular weight is 277 g/mol. The smallest absolute Gasteiger partial charge is 0.160 e. The number of thiophene rings is 2. The molecule has 0 aliphatic heterocycles. The molecule has 0 aliphatic rings. The van der Waals surface area contributed by atoms with Gasteiger partial charge in [-0.15, -0.1) is 22.7 Å². The lowest BCUT2D eigenvalue weighted by molar-refractivity contribution is 0.111. The molecule has 0 saturated heterocycles. The monoisotopic (exact) mass is 277 g/mol. The molecule has 18 heavy (non-hydrogen) atoms. The summed E-state index contributed by atoms with van der Waals surface area (Å²) >= 11 is 3.01. The Labute approximate surface area is 112 Å². The normalized spacial score (nSPS) is 11.4. The zero-order chi connectivity index (χ0) is 12.7. The van der Waals surface area contributed by atoms with E-state index < -0.39 is 0 Å². The highest BCUT2D eigenvalue weighted by Crippen LogP contribution is 2.39. The van der Waals surface area contributed by atoms with Crippen LogP contribution in [-0.2, 0) is 6.54 Å². The summed E-state index contributed by atoms with van der Waals surface area (Å²) in [5, 5.41) is 0. The molecule has 3 nitrogen and oxygen atoms in total. The maximum absolute atomic E-state index is 10.9. The standard InChI is InChI=1S/C13H11NO2S2/c1-2-3-14-10-4-8(6-15)17-12(10)13-11(14)5-9(7-16)18-13/h4-7H,2-3H2,1H3. The minimum Gasteiger partial charge on any atom is -0.339 e. The molecule has 0 spiro atoms. The molecule has 92 valence electrons. The van der Waals surface area contributed by atoms with Gasteiger partial charge in [0.25, 0.3) is 0 Å². The summed E-state index contributed by atoms with van der Waals surface area (Å²) in [7, 11) is 0. The van der Waals surface area contributed by atoms with E-state index in [1.165, 1.54) is 22.7 Å². The zero-order valence-corrected chi connectivity index (χ0v) is 11.4. The number of carbonyl (C=O) groups is 2. The Morgan fingerprint density at radius 3 is 1.94 bits per heavy atom. The van der Waals surface area contributed by atoms with Crippen molar-refractivity contribution in [1.29, 1.82) is 0 Å². The Kier molecular flexibility index (Phi) is 2.80. The van der Waals surface area contributed by atoms with Crippen LogP contribution in [0.4, 0.5) is 0 Å². The van der Waals surface area contributed by atoms with Crippen molar-refractivity contribution in [1.82, 2.24) is 4.57 Å². The molecule has 0 atom stereocenters. The highest BCUT2D eigenvalue weighted by Gasteiger charge is 2.16. The number of carbonyl (C=O) groups excluding carboxylic acids is 2. The van der Waals surface area contributed by atoms with Crippen molar-refractivity contribution in [3.63, 3.8) is 0 Å². The molecule has 0 aromatic carbocycles. The van der Waals surface area contributed by atoms with Gasteiger partial charge in [-0.3, -0.25) is 9.59 Å². The molecule has 0 N–H and O–H groups in total. The van der Waals surface area contributed by atoms with Gasteiger partial charge in [0.05, 0.1) is 30.2 Å². The van der Waals surface area contributed by atoms with E-state index in [-0.39, 0.29) is 0 Å². The van der Waals surface area contributed by atoms with Crippen molar-refractivity contribution in [2.75, 3.05) is 0 Å². The Bertz CT molecular complexity index is 688. The number of aldehydes is 2. The lowest BCUT2D eigenvalue weighted by Gasteiger charge is -2.01. The van der Waals surface area contributed by atoms with E-state index in [9.17, 15) is 9.59 Å². The second-order valence-electron chi connectivity index (χ2n) is 4.11. The van der Waals surface area contributed by atoms with E-state index in [1.54, 1.807) is 0 Å². The summed E-state index contributed by atoms with van der Waals surface area (Å²) in [5.41, 5.74) is 2.23. The highest BCUT2D eigenvalue weighted by molar-refractivity contribution is 7.28. The number of aromatic nitrogens is 1. The van der Waals surface area contributed by atoms with E-state index in [0.717, 1.165) is 55.7 Å². The minimum absolute atomic E-state index is 0.743. The number of hydrogen-bond donors (Lipinski definition) is 0. The van der Waals surface area contributed by atoms with E-state index in [4.69, 9.17) is 0 Å². The first-order valence-corrected chi connectivity index (χ1v) is 7.37. The predicted molar refractivity (Wildman–Crippen MR) is 76.3 cm³/mol. The first kappa shape index (κ1) is 11.6. The fraction of sp³-hybridized carbons (Fsp3) is 0.231. The molecule has 0 fully saturated rings. The van der Waals surface area contributed by atoms with Crippen LogP contribution in [0.15, 0.2) is 12.1 Å². The van der Waals surface area contributed by atoms with Gasteiger partial charge in [-0.05, 0) is 18.6 Å². The Balaban J connectivity index is 2.39. The van der Waals surface area contributed by atoms with Crippen molar-refractivity contribution in [2.45, 2.75) is 19.9 Å². The summed E-state index contributed by atoms with van der Waals surface area (Å²) in [5.74, 6) is 0. The van der Waals surface area contributed by atoms with Gasteiger partial charge < -0.3 is 4.57 Å². The third kappa shape index (κ3) is 1.54. The first-order chi connectivity index (χ1) is 8.78. The Hall–Kier alpha value is -1.46. The molecule has 0 amide bonds. The molecule has 0 radical (unpaired) electrons.